The third kappa shape index (κ3) is 5.66. The fourth-order valence-electron chi connectivity index (χ4n) is 5.38. The van der Waals surface area contributed by atoms with Gasteiger partial charge in [-0.05, 0) is 47.9 Å². The van der Waals surface area contributed by atoms with Gasteiger partial charge in [-0.15, -0.1) is 0 Å². The summed E-state index contributed by atoms with van der Waals surface area (Å²) in [6, 6.07) is 15.4. The smallest absolute Gasteiger partial charge is 0.407 e. The van der Waals surface area contributed by atoms with Crippen LogP contribution in [0.5, 0.6) is 0 Å². The fraction of sp³-hybridized carbons (Fsp3) is 0.464. The van der Waals surface area contributed by atoms with Crippen LogP contribution < -0.4 is 10.6 Å². The van der Waals surface area contributed by atoms with Crippen molar-refractivity contribution in [1.29, 1.82) is 0 Å². The van der Waals surface area contributed by atoms with Gasteiger partial charge in [0.05, 0.1) is 12.3 Å². The third-order valence-corrected chi connectivity index (χ3v) is 7.54. The minimum absolute atomic E-state index is 0.0348. The lowest BCUT2D eigenvalue weighted by Crippen LogP contribution is -2.49. The summed E-state index contributed by atoms with van der Waals surface area (Å²) in [6.45, 7) is 3.69. The van der Waals surface area contributed by atoms with Gasteiger partial charge in [-0.25, -0.2) is 4.79 Å². The van der Waals surface area contributed by atoms with E-state index in [9.17, 15) is 19.5 Å². The second-order valence-corrected chi connectivity index (χ2v) is 9.80. The Morgan fingerprint density at radius 3 is 2.09 bits per heavy atom. The zero-order valence-corrected chi connectivity index (χ0v) is 20.3. The number of aliphatic carboxylic acids is 1. The van der Waals surface area contributed by atoms with Crippen LogP contribution in [0, 0.1) is 11.8 Å². The summed E-state index contributed by atoms with van der Waals surface area (Å²) < 4.78 is 5.60. The van der Waals surface area contributed by atoms with Crippen LogP contribution in [0.1, 0.15) is 63.0 Å². The van der Waals surface area contributed by atoms with Crippen molar-refractivity contribution in [2.45, 2.75) is 64.0 Å². The van der Waals surface area contributed by atoms with Gasteiger partial charge in [-0.3, -0.25) is 9.59 Å². The molecule has 0 aromatic heterocycles. The fourth-order valence-corrected chi connectivity index (χ4v) is 5.38. The first kappa shape index (κ1) is 24.8. The lowest BCUT2D eigenvalue weighted by atomic mass is 9.93. The maximum atomic E-state index is 12.9. The molecule has 35 heavy (non-hydrogen) atoms. The molecule has 2 aliphatic rings. The van der Waals surface area contributed by atoms with Crippen LogP contribution >= 0.6 is 0 Å². The molecule has 2 aromatic carbocycles. The largest absolute Gasteiger partial charge is 0.481 e. The molecule has 0 bridgehead atoms. The number of amides is 2. The van der Waals surface area contributed by atoms with Gasteiger partial charge in [0, 0.05) is 18.0 Å². The summed E-state index contributed by atoms with van der Waals surface area (Å²) in [5.41, 5.74) is 4.60. The minimum Gasteiger partial charge on any atom is -0.481 e. The number of benzene rings is 2. The van der Waals surface area contributed by atoms with Gasteiger partial charge in [0.1, 0.15) is 6.61 Å². The Bertz CT molecular complexity index is 1030. The van der Waals surface area contributed by atoms with Crippen LogP contribution in [0.25, 0.3) is 11.1 Å². The Hall–Kier alpha value is -3.35. The zero-order chi connectivity index (χ0) is 24.9. The summed E-state index contributed by atoms with van der Waals surface area (Å²) in [4.78, 5) is 36.8. The molecule has 0 saturated heterocycles. The second-order valence-electron chi connectivity index (χ2n) is 9.80. The van der Waals surface area contributed by atoms with E-state index in [1.165, 1.54) is 0 Å². The van der Waals surface area contributed by atoms with Crippen molar-refractivity contribution in [2.24, 2.45) is 11.8 Å². The number of alkyl carbamates (subject to hydrolysis) is 1. The van der Waals surface area contributed by atoms with E-state index in [2.05, 4.69) is 34.9 Å². The molecule has 2 aromatic rings. The van der Waals surface area contributed by atoms with Gasteiger partial charge < -0.3 is 20.5 Å². The molecular weight excluding hydrogens is 444 g/mol. The summed E-state index contributed by atoms with van der Waals surface area (Å²) in [5.74, 6) is -1.55. The Labute approximate surface area is 206 Å². The van der Waals surface area contributed by atoms with Crippen molar-refractivity contribution < 1.29 is 24.2 Å². The number of ether oxygens (including phenoxy) is 1. The third-order valence-electron chi connectivity index (χ3n) is 7.54. The number of carbonyl (C=O) groups excluding carboxylic acids is 2. The maximum Gasteiger partial charge on any atom is 0.407 e. The molecule has 186 valence electrons. The van der Waals surface area contributed by atoms with Crippen LogP contribution in [0.15, 0.2) is 48.5 Å². The van der Waals surface area contributed by atoms with E-state index in [4.69, 9.17) is 4.74 Å². The quantitative estimate of drug-likeness (QED) is 0.485. The molecule has 2 amide bonds. The molecule has 3 N–H and O–H groups in total. The highest BCUT2D eigenvalue weighted by Gasteiger charge is 2.32. The number of rotatable bonds is 9. The number of carboxylic acid groups (broad SMARTS) is 1. The van der Waals surface area contributed by atoms with Gasteiger partial charge >= 0.3 is 12.1 Å². The summed E-state index contributed by atoms with van der Waals surface area (Å²) >= 11 is 0. The van der Waals surface area contributed by atoms with Crippen molar-refractivity contribution in [1.82, 2.24) is 10.6 Å². The van der Waals surface area contributed by atoms with E-state index in [1.54, 1.807) is 13.8 Å². The molecule has 0 heterocycles. The van der Waals surface area contributed by atoms with Crippen LogP contribution in [-0.4, -0.2) is 41.8 Å². The van der Waals surface area contributed by atoms with Crippen LogP contribution in [0.4, 0.5) is 4.79 Å². The van der Waals surface area contributed by atoms with Crippen LogP contribution in [0.2, 0.25) is 0 Å². The van der Waals surface area contributed by atoms with Crippen molar-refractivity contribution in [3.63, 3.8) is 0 Å². The summed E-state index contributed by atoms with van der Waals surface area (Å²) in [7, 11) is 0. The molecule has 0 spiro atoms. The molecule has 1 saturated carbocycles. The Morgan fingerprint density at radius 1 is 0.943 bits per heavy atom. The zero-order valence-electron chi connectivity index (χ0n) is 20.3. The van der Waals surface area contributed by atoms with E-state index >= 15 is 0 Å². The topological polar surface area (TPSA) is 105 Å². The lowest BCUT2D eigenvalue weighted by molar-refractivity contribution is -0.138. The summed E-state index contributed by atoms with van der Waals surface area (Å²) in [5, 5.41) is 15.0. The number of fused-ring (bicyclic) bond motifs is 3. The first-order valence-corrected chi connectivity index (χ1v) is 12.5. The van der Waals surface area contributed by atoms with E-state index in [0.717, 1.165) is 47.9 Å². The molecule has 7 nitrogen and oxygen atoms in total. The van der Waals surface area contributed by atoms with Gasteiger partial charge in [0.15, 0.2) is 0 Å². The first-order valence-electron chi connectivity index (χ1n) is 12.5. The number of hydrogen-bond acceptors (Lipinski definition) is 4. The monoisotopic (exact) mass is 478 g/mol. The highest BCUT2D eigenvalue weighted by molar-refractivity contribution is 5.81. The molecule has 3 atom stereocenters. The van der Waals surface area contributed by atoms with E-state index < -0.39 is 24.0 Å². The maximum absolute atomic E-state index is 12.9. The van der Waals surface area contributed by atoms with Crippen LogP contribution in [0.3, 0.4) is 0 Å². The number of hydrogen-bond donors (Lipinski definition) is 3. The Balaban J connectivity index is 1.32. The molecular formula is C28H34N2O5. The highest BCUT2D eigenvalue weighted by Crippen LogP contribution is 2.44. The average molecular weight is 479 g/mol. The van der Waals surface area contributed by atoms with Gasteiger partial charge in [0.2, 0.25) is 5.91 Å². The number of nitrogens with one attached hydrogen (secondary N) is 2. The van der Waals surface area contributed by atoms with Gasteiger partial charge in [-0.2, -0.15) is 0 Å². The van der Waals surface area contributed by atoms with E-state index in [0.29, 0.717) is 0 Å². The molecule has 7 heteroatoms. The van der Waals surface area contributed by atoms with Crippen molar-refractivity contribution >= 4 is 18.0 Å². The number of carboxylic acids is 1. The Morgan fingerprint density at radius 2 is 1.51 bits per heavy atom. The average Bonchev–Trinajstić information content (AvgIpc) is 3.48. The molecule has 1 fully saturated rings. The predicted molar refractivity (Wildman–Crippen MR) is 133 cm³/mol. The summed E-state index contributed by atoms with van der Waals surface area (Å²) in [6.07, 6.45) is 3.33. The highest BCUT2D eigenvalue weighted by atomic mass is 16.5. The van der Waals surface area contributed by atoms with Crippen molar-refractivity contribution in [3.05, 3.63) is 59.7 Å². The van der Waals surface area contributed by atoms with Crippen molar-refractivity contribution in [2.75, 3.05) is 6.61 Å². The van der Waals surface area contributed by atoms with Gasteiger partial charge in [-0.1, -0.05) is 68.3 Å². The predicted octanol–water partition coefficient (Wildman–Crippen LogP) is 4.70. The van der Waals surface area contributed by atoms with Crippen LogP contribution in [-0.2, 0) is 14.3 Å². The second kappa shape index (κ2) is 10.9. The SMILES string of the molecule is CC(NC(=O)OCC1c2ccccc2-c2ccccc21)C(C)C(=O)NC(CC(=O)O)C1CCCC1. The molecule has 2 aliphatic carbocycles. The molecule has 0 radical (unpaired) electrons. The molecule has 4 rings (SSSR count). The van der Waals surface area contributed by atoms with E-state index in [-0.39, 0.29) is 36.8 Å². The number of carbonyl (C=O) groups is 3. The normalized spacial score (nSPS) is 17.7. The van der Waals surface area contributed by atoms with Crippen molar-refractivity contribution in [3.8, 4) is 11.1 Å². The standard InChI is InChI=1S/C28H34N2O5/c1-17(27(33)30-25(15-26(31)32)19-9-3-4-10-19)18(2)29-28(34)35-16-24-22-13-7-5-11-20(22)21-12-6-8-14-23(21)24/h5-8,11-14,17-19,24-25H,3-4,9-10,15-16H2,1-2H3,(H,29,34)(H,30,33)(H,31,32). The molecule has 0 aliphatic heterocycles. The lowest BCUT2D eigenvalue weighted by Gasteiger charge is -2.27. The Kier molecular flexibility index (Phi) is 7.73. The first-order chi connectivity index (χ1) is 16.8. The van der Waals surface area contributed by atoms with E-state index in [1.807, 2.05) is 24.3 Å². The molecule has 3 unspecified atom stereocenters. The minimum atomic E-state index is -0.917. The van der Waals surface area contributed by atoms with Gasteiger partial charge in [0.25, 0.3) is 0 Å².